The number of rotatable bonds is 16. The maximum Gasteiger partial charge on any atom is 0.0700 e. The van der Waals surface area contributed by atoms with E-state index in [1.807, 2.05) is 7.05 Å². The highest BCUT2D eigenvalue weighted by Gasteiger charge is 2.38. The van der Waals surface area contributed by atoms with Gasteiger partial charge in [0, 0.05) is 75.5 Å². The van der Waals surface area contributed by atoms with Gasteiger partial charge >= 0.3 is 0 Å². The molecule has 0 spiro atoms. The summed E-state index contributed by atoms with van der Waals surface area (Å²) in [6.45, 7) is 28.7. The first-order chi connectivity index (χ1) is 18.9. The minimum Gasteiger partial charge on any atom is -0.388 e. The number of nitrogens with zero attached hydrogens (tertiary/aromatic N) is 4. The molecule has 1 aliphatic heterocycles. The summed E-state index contributed by atoms with van der Waals surface area (Å²) in [5.74, 6) is 0.769. The highest BCUT2D eigenvalue weighted by molar-refractivity contribution is 5.99. The molecule has 2 aliphatic rings. The van der Waals surface area contributed by atoms with E-state index in [1.54, 1.807) is 0 Å². The average Bonchev–Trinajstić information content (AvgIpc) is 3.37. The lowest BCUT2D eigenvalue weighted by atomic mass is 9.71. The number of aliphatic imine (C=N–C) groups is 1. The Bertz CT molecular complexity index is 945. The van der Waals surface area contributed by atoms with Crippen molar-refractivity contribution in [1.29, 1.82) is 0 Å². The molecule has 0 aromatic rings. The van der Waals surface area contributed by atoms with Gasteiger partial charge in [-0.1, -0.05) is 58.4 Å². The highest BCUT2D eigenvalue weighted by atomic mass is 15.2. The van der Waals surface area contributed by atoms with Crippen molar-refractivity contribution in [3.63, 3.8) is 0 Å². The number of allylic oxidation sites excluding steroid dienone is 4. The van der Waals surface area contributed by atoms with Gasteiger partial charge in [0.1, 0.15) is 0 Å². The van der Waals surface area contributed by atoms with E-state index in [2.05, 4.69) is 99.0 Å². The molecule has 2 unspecified atom stereocenters. The summed E-state index contributed by atoms with van der Waals surface area (Å²) in [6.07, 6.45) is 15.0. The summed E-state index contributed by atoms with van der Waals surface area (Å²) in [5.41, 5.74) is 7.29. The third-order valence-corrected chi connectivity index (χ3v) is 9.20. The molecule has 2 fully saturated rings. The van der Waals surface area contributed by atoms with Crippen molar-refractivity contribution in [2.45, 2.75) is 98.4 Å². The Morgan fingerprint density at radius 1 is 1.10 bits per heavy atom. The Morgan fingerprint density at radius 2 is 1.77 bits per heavy atom. The van der Waals surface area contributed by atoms with E-state index in [-0.39, 0.29) is 11.5 Å². The second kappa shape index (κ2) is 16.1. The van der Waals surface area contributed by atoms with Gasteiger partial charge in [-0.2, -0.15) is 0 Å². The Kier molecular flexibility index (Phi) is 13.6. The van der Waals surface area contributed by atoms with Crippen molar-refractivity contribution >= 4 is 5.71 Å². The van der Waals surface area contributed by atoms with Crippen LogP contribution >= 0.6 is 0 Å². The largest absolute Gasteiger partial charge is 0.388 e. The normalized spacial score (nSPS) is 20.1. The second-order valence-electron chi connectivity index (χ2n) is 12.8. The van der Waals surface area contributed by atoms with Crippen LogP contribution in [-0.2, 0) is 0 Å². The molecule has 0 radical (unpaired) electrons. The van der Waals surface area contributed by atoms with Crippen molar-refractivity contribution in [1.82, 2.24) is 20.0 Å². The van der Waals surface area contributed by atoms with E-state index in [0.29, 0.717) is 0 Å². The molecule has 2 rings (SSSR count). The summed E-state index contributed by atoms with van der Waals surface area (Å²) >= 11 is 0. The van der Waals surface area contributed by atoms with E-state index in [4.69, 9.17) is 6.58 Å². The Balaban J connectivity index is 1.94. The number of likely N-dealkylation sites (tertiary alicyclic amines) is 1. The van der Waals surface area contributed by atoms with Crippen LogP contribution in [0.15, 0.2) is 65.2 Å². The van der Waals surface area contributed by atoms with E-state index in [9.17, 15) is 0 Å². The summed E-state index contributed by atoms with van der Waals surface area (Å²) < 4.78 is 0. The van der Waals surface area contributed by atoms with Crippen LogP contribution in [0.3, 0.4) is 0 Å². The lowest BCUT2D eigenvalue weighted by Crippen LogP contribution is -2.46. The van der Waals surface area contributed by atoms with Crippen LogP contribution in [0.4, 0.5) is 0 Å². The maximum absolute atomic E-state index is 4.71. The molecule has 2 atom stereocenters. The van der Waals surface area contributed by atoms with E-state index >= 15 is 0 Å². The summed E-state index contributed by atoms with van der Waals surface area (Å²) in [7, 11) is 6.32. The topological polar surface area (TPSA) is 34.1 Å². The fourth-order valence-corrected chi connectivity index (χ4v) is 6.37. The zero-order valence-corrected chi connectivity index (χ0v) is 27.4. The van der Waals surface area contributed by atoms with Crippen molar-refractivity contribution in [2.24, 2.45) is 16.3 Å². The van der Waals surface area contributed by atoms with Gasteiger partial charge < -0.3 is 20.0 Å². The van der Waals surface area contributed by atoms with E-state index in [1.165, 1.54) is 55.5 Å². The fraction of sp³-hybridized carbons (Fsp3) is 0.686. The van der Waals surface area contributed by atoms with E-state index in [0.717, 1.165) is 68.5 Å². The van der Waals surface area contributed by atoms with Gasteiger partial charge in [-0.25, -0.2) is 0 Å². The van der Waals surface area contributed by atoms with Crippen LogP contribution in [0.1, 0.15) is 92.4 Å². The molecule has 40 heavy (non-hydrogen) atoms. The molecule has 5 nitrogen and oxygen atoms in total. The lowest BCUT2D eigenvalue weighted by molar-refractivity contribution is 0.170. The van der Waals surface area contributed by atoms with Crippen LogP contribution in [0, 0.1) is 11.3 Å². The average molecular weight is 552 g/mol. The molecular weight excluding hydrogens is 490 g/mol. The van der Waals surface area contributed by atoms with Gasteiger partial charge in [0.05, 0.1) is 11.8 Å². The molecule has 1 aliphatic carbocycles. The zero-order valence-electron chi connectivity index (χ0n) is 27.4. The third-order valence-electron chi connectivity index (χ3n) is 9.20. The fourth-order valence-electron chi connectivity index (χ4n) is 6.37. The Morgan fingerprint density at radius 3 is 2.33 bits per heavy atom. The first-order valence-corrected chi connectivity index (χ1v) is 15.7. The second-order valence-corrected chi connectivity index (χ2v) is 12.8. The molecule has 1 N–H and O–H groups in total. The van der Waals surface area contributed by atoms with Gasteiger partial charge in [-0.15, -0.1) is 0 Å². The van der Waals surface area contributed by atoms with Crippen LogP contribution < -0.4 is 5.32 Å². The van der Waals surface area contributed by atoms with Crippen LogP contribution in [-0.4, -0.2) is 73.8 Å². The summed E-state index contributed by atoms with van der Waals surface area (Å²) in [6, 6.07) is 0.242. The van der Waals surface area contributed by atoms with Gasteiger partial charge in [-0.3, -0.25) is 4.99 Å². The summed E-state index contributed by atoms with van der Waals surface area (Å²) in [4.78, 5) is 11.8. The first kappa shape index (κ1) is 33.8. The van der Waals surface area contributed by atoms with Gasteiger partial charge in [0.15, 0.2) is 0 Å². The number of hydrogen-bond acceptors (Lipinski definition) is 5. The quantitative estimate of drug-likeness (QED) is 0.157. The van der Waals surface area contributed by atoms with Crippen molar-refractivity contribution in [3.05, 3.63) is 60.3 Å². The molecule has 0 bridgehead atoms. The molecule has 0 aromatic carbocycles. The van der Waals surface area contributed by atoms with Crippen LogP contribution in [0.25, 0.3) is 0 Å². The maximum atomic E-state index is 4.71. The predicted octanol–water partition coefficient (Wildman–Crippen LogP) is 7.77. The van der Waals surface area contributed by atoms with Crippen molar-refractivity contribution < 1.29 is 0 Å². The third kappa shape index (κ3) is 9.59. The van der Waals surface area contributed by atoms with Crippen molar-refractivity contribution in [2.75, 3.05) is 47.3 Å². The Hall–Kier alpha value is -2.43. The predicted molar refractivity (Wildman–Crippen MR) is 177 cm³/mol. The standard InChI is InChI=1S/C35H61N5/c1-12-34(33(36-9)23-27(2)3)39(11)32(8)35(19-14-13-15-20-35)26-37-29(5)17-16-21-38(10)30(6)24-31(7)40-22-18-28(4)25-40/h23-24,28,34,37H,5,7-8,12-22,25-26H2,1-4,6,9-11H3/b30-24+,36-33?. The number of hydrogen-bond donors (Lipinski definition) is 1. The zero-order chi connectivity index (χ0) is 29.9. The van der Waals surface area contributed by atoms with E-state index < -0.39 is 0 Å². The minimum absolute atomic E-state index is 0.0662. The lowest BCUT2D eigenvalue weighted by Gasteiger charge is -2.45. The molecule has 1 heterocycles. The van der Waals surface area contributed by atoms with Crippen molar-refractivity contribution in [3.8, 4) is 0 Å². The molecule has 0 aromatic heterocycles. The molecular formula is C35H61N5. The van der Waals surface area contributed by atoms with Crippen LogP contribution in [0.2, 0.25) is 0 Å². The SMILES string of the molecule is C=C(CCCN(C)/C(C)=C/C(=C)N1CCC(C)C1)NCC1(C(=C)N(C)C(CC)C(C=C(C)C)=NC)CCCCC1. The monoisotopic (exact) mass is 551 g/mol. The molecule has 226 valence electrons. The Labute approximate surface area is 247 Å². The molecule has 1 saturated heterocycles. The molecule has 1 saturated carbocycles. The number of nitrogens with one attached hydrogen (secondary N) is 1. The molecule has 0 amide bonds. The van der Waals surface area contributed by atoms with Gasteiger partial charge in [0.2, 0.25) is 0 Å². The minimum atomic E-state index is 0.0662. The summed E-state index contributed by atoms with van der Waals surface area (Å²) in [5, 5.41) is 3.76. The van der Waals surface area contributed by atoms with Gasteiger partial charge in [0.25, 0.3) is 0 Å². The van der Waals surface area contributed by atoms with Crippen LogP contribution in [0.5, 0.6) is 0 Å². The first-order valence-electron chi connectivity index (χ1n) is 15.7. The molecule has 5 heteroatoms. The smallest absolute Gasteiger partial charge is 0.0700 e. The van der Waals surface area contributed by atoms with Gasteiger partial charge in [-0.05, 0) is 77.4 Å². The highest BCUT2D eigenvalue weighted by Crippen LogP contribution is 2.43.